The van der Waals surface area contributed by atoms with Gasteiger partial charge in [-0.25, -0.2) is 0 Å². The van der Waals surface area contributed by atoms with Crippen molar-refractivity contribution in [3.8, 4) is 12.1 Å². The summed E-state index contributed by atoms with van der Waals surface area (Å²) in [4.78, 5) is 20.1. The molecule has 0 saturated carbocycles. The molecule has 7 nitrogen and oxygen atoms in total. The van der Waals surface area contributed by atoms with Gasteiger partial charge in [-0.2, -0.15) is 10.5 Å². The summed E-state index contributed by atoms with van der Waals surface area (Å²) >= 11 is 0. The summed E-state index contributed by atoms with van der Waals surface area (Å²) in [7, 11) is 1.98. The molecule has 2 aliphatic rings. The molecule has 1 spiro atoms. The van der Waals surface area contributed by atoms with Gasteiger partial charge < -0.3 is 14.4 Å². The second-order valence-electron chi connectivity index (χ2n) is 10.9. The lowest BCUT2D eigenvalue weighted by Gasteiger charge is -2.39. The number of amides is 1. The molecule has 196 valence electrons. The van der Waals surface area contributed by atoms with E-state index < -0.39 is 0 Å². The lowest BCUT2D eigenvalue weighted by molar-refractivity contribution is 0.0579. The number of hydrogen-bond donors (Lipinski definition) is 0. The Bertz CT molecular complexity index is 1340. The molecule has 2 fully saturated rings. The number of aryl methyl sites for hydroxylation is 1. The van der Waals surface area contributed by atoms with Crippen LogP contribution in [0.2, 0.25) is 0 Å². The summed E-state index contributed by atoms with van der Waals surface area (Å²) in [6.07, 6.45) is 4.22. The van der Waals surface area contributed by atoms with Crippen LogP contribution in [0.5, 0.6) is 0 Å². The maximum Gasteiger partial charge on any atom is 0.270 e. The van der Waals surface area contributed by atoms with Gasteiger partial charge in [0.15, 0.2) is 0 Å². The number of benzene rings is 2. The van der Waals surface area contributed by atoms with Gasteiger partial charge in [-0.05, 0) is 61.1 Å². The lowest BCUT2D eigenvalue weighted by Crippen LogP contribution is -2.44. The summed E-state index contributed by atoms with van der Waals surface area (Å²) in [5.74, 6) is 0.145. The number of anilines is 1. The molecule has 0 aliphatic carbocycles. The first-order valence-corrected chi connectivity index (χ1v) is 13.7. The average Bonchev–Trinajstić information content (AvgIpc) is 3.50. The van der Waals surface area contributed by atoms with E-state index in [2.05, 4.69) is 58.3 Å². The fourth-order valence-electron chi connectivity index (χ4n) is 6.22. The number of hydrogen-bond acceptors (Lipinski definition) is 5. The van der Waals surface area contributed by atoms with Crippen molar-refractivity contribution < 1.29 is 4.79 Å². The van der Waals surface area contributed by atoms with Crippen molar-refractivity contribution in [2.45, 2.75) is 38.6 Å². The van der Waals surface area contributed by atoms with E-state index in [1.165, 1.54) is 12.0 Å². The zero-order valence-corrected chi connectivity index (χ0v) is 22.3. The minimum Gasteiger partial charge on any atom is -0.369 e. The molecule has 2 saturated heterocycles. The molecular weight excluding hydrogens is 472 g/mol. The zero-order chi connectivity index (χ0) is 26.5. The Labute approximate surface area is 225 Å². The molecule has 1 aromatic heterocycles. The molecule has 3 heterocycles. The Balaban J connectivity index is 1.15. The third-order valence-corrected chi connectivity index (χ3v) is 8.49. The van der Waals surface area contributed by atoms with Crippen LogP contribution in [0.1, 0.15) is 48.2 Å². The smallest absolute Gasteiger partial charge is 0.270 e. The fourth-order valence-corrected chi connectivity index (χ4v) is 6.22. The number of likely N-dealkylation sites (tertiary alicyclic amines) is 2. The molecule has 0 unspecified atom stereocenters. The van der Waals surface area contributed by atoms with Gasteiger partial charge in [0.1, 0.15) is 5.69 Å². The summed E-state index contributed by atoms with van der Waals surface area (Å²) < 4.78 is 2.02. The molecule has 3 aromatic rings. The second kappa shape index (κ2) is 11.3. The third-order valence-electron chi connectivity index (χ3n) is 8.49. The number of para-hydroxylation sites is 1. The maximum atomic E-state index is 13.4. The molecule has 1 amide bonds. The van der Waals surface area contributed by atoms with Crippen LogP contribution in [0.3, 0.4) is 0 Å². The van der Waals surface area contributed by atoms with E-state index >= 15 is 0 Å². The van der Waals surface area contributed by atoms with E-state index in [1.807, 2.05) is 34.7 Å². The standard InChI is InChI=1S/C31H36N6O/c1-34-28-7-3-2-6-26(28)22-29(34)30(38)37-20-13-31(14-21-37)12-19-35(24-31)23-25-8-10-27(11-9-25)36(17-4-15-32)18-5-16-33/h2-3,6-11,22H,4-5,12-14,17-21,23-24H2,1H3. The zero-order valence-electron chi connectivity index (χ0n) is 22.3. The monoisotopic (exact) mass is 508 g/mol. The normalized spacial score (nSPS) is 17.0. The number of rotatable bonds is 8. The van der Waals surface area contributed by atoms with Crippen LogP contribution in [-0.4, -0.2) is 59.5 Å². The molecule has 2 aromatic carbocycles. The first-order chi connectivity index (χ1) is 18.5. The van der Waals surface area contributed by atoms with Gasteiger partial charge in [0.05, 0.1) is 25.0 Å². The minimum atomic E-state index is 0.145. The number of fused-ring (bicyclic) bond motifs is 1. The first kappa shape index (κ1) is 25.8. The van der Waals surface area contributed by atoms with Crippen LogP contribution in [0.25, 0.3) is 10.9 Å². The highest BCUT2D eigenvalue weighted by molar-refractivity contribution is 5.98. The van der Waals surface area contributed by atoms with Gasteiger partial charge in [-0.15, -0.1) is 0 Å². The third kappa shape index (κ3) is 5.39. The SMILES string of the molecule is Cn1c(C(=O)N2CCC3(CCN(Cc4ccc(N(CCC#N)CCC#N)cc4)C3)CC2)cc2ccccc21. The minimum absolute atomic E-state index is 0.145. The number of piperidine rings is 1. The van der Waals surface area contributed by atoms with Gasteiger partial charge >= 0.3 is 0 Å². The van der Waals surface area contributed by atoms with E-state index in [0.29, 0.717) is 31.3 Å². The molecule has 7 heteroatoms. The first-order valence-electron chi connectivity index (χ1n) is 13.7. The predicted molar refractivity (Wildman–Crippen MR) is 149 cm³/mol. The molecule has 5 rings (SSSR count). The summed E-state index contributed by atoms with van der Waals surface area (Å²) in [5.41, 5.74) is 4.54. The Kier molecular flexibility index (Phi) is 7.67. The van der Waals surface area contributed by atoms with Crippen molar-refractivity contribution in [1.29, 1.82) is 10.5 Å². The van der Waals surface area contributed by atoms with Crippen LogP contribution in [0, 0.1) is 28.1 Å². The molecule has 0 N–H and O–H groups in total. The molecule has 0 radical (unpaired) electrons. The van der Waals surface area contributed by atoms with Gasteiger partial charge in [0.2, 0.25) is 0 Å². The number of aromatic nitrogens is 1. The van der Waals surface area contributed by atoms with Crippen molar-refractivity contribution in [1.82, 2.24) is 14.4 Å². The highest BCUT2D eigenvalue weighted by Gasteiger charge is 2.41. The Morgan fingerprint density at radius 1 is 0.947 bits per heavy atom. The van der Waals surface area contributed by atoms with Crippen molar-refractivity contribution >= 4 is 22.5 Å². The Morgan fingerprint density at radius 3 is 2.26 bits per heavy atom. The quantitative estimate of drug-likeness (QED) is 0.431. The van der Waals surface area contributed by atoms with Crippen LogP contribution in [0.15, 0.2) is 54.6 Å². The number of nitrogens with zero attached hydrogens (tertiary/aromatic N) is 6. The number of carbonyl (C=O) groups excluding carboxylic acids is 1. The summed E-state index contributed by atoms with van der Waals surface area (Å²) in [6, 6.07) is 23.2. The van der Waals surface area contributed by atoms with Gasteiger partial charge in [-0.3, -0.25) is 9.69 Å². The van der Waals surface area contributed by atoms with Crippen molar-refractivity contribution in [2.75, 3.05) is 44.2 Å². The van der Waals surface area contributed by atoms with Crippen molar-refractivity contribution in [3.63, 3.8) is 0 Å². The topological polar surface area (TPSA) is 79.3 Å². The van der Waals surface area contributed by atoms with Crippen LogP contribution >= 0.6 is 0 Å². The van der Waals surface area contributed by atoms with Gasteiger partial charge in [0.25, 0.3) is 5.91 Å². The van der Waals surface area contributed by atoms with E-state index in [4.69, 9.17) is 10.5 Å². The van der Waals surface area contributed by atoms with Crippen LogP contribution in [-0.2, 0) is 13.6 Å². The molecule has 38 heavy (non-hydrogen) atoms. The summed E-state index contributed by atoms with van der Waals surface area (Å²) in [6.45, 7) is 6.04. The van der Waals surface area contributed by atoms with Gasteiger partial charge in [-0.1, -0.05) is 30.3 Å². The van der Waals surface area contributed by atoms with E-state index in [0.717, 1.165) is 67.8 Å². The highest BCUT2D eigenvalue weighted by Crippen LogP contribution is 2.41. The molecular formula is C31H36N6O. The number of nitriles is 2. The maximum absolute atomic E-state index is 13.4. The van der Waals surface area contributed by atoms with E-state index in [1.54, 1.807) is 0 Å². The van der Waals surface area contributed by atoms with Crippen molar-refractivity contribution in [3.05, 3.63) is 65.9 Å². The molecule has 2 aliphatic heterocycles. The Morgan fingerprint density at radius 2 is 1.61 bits per heavy atom. The molecule has 0 bridgehead atoms. The predicted octanol–water partition coefficient (Wildman–Crippen LogP) is 4.94. The summed E-state index contributed by atoms with van der Waals surface area (Å²) in [5, 5.41) is 19.0. The van der Waals surface area contributed by atoms with Gasteiger partial charge in [0, 0.05) is 62.9 Å². The van der Waals surface area contributed by atoms with E-state index in [-0.39, 0.29) is 5.91 Å². The fraction of sp³-hybridized carbons (Fsp3) is 0.452. The van der Waals surface area contributed by atoms with Crippen LogP contribution < -0.4 is 4.90 Å². The average molecular weight is 509 g/mol. The lowest BCUT2D eigenvalue weighted by atomic mass is 9.77. The largest absolute Gasteiger partial charge is 0.369 e. The van der Waals surface area contributed by atoms with Crippen molar-refractivity contribution in [2.24, 2.45) is 12.5 Å². The Hall–Kier alpha value is -3.81. The molecule has 0 atom stereocenters. The van der Waals surface area contributed by atoms with Crippen LogP contribution in [0.4, 0.5) is 5.69 Å². The number of carbonyl (C=O) groups is 1. The van der Waals surface area contributed by atoms with E-state index in [9.17, 15) is 4.79 Å². The highest BCUT2D eigenvalue weighted by atomic mass is 16.2. The second-order valence-corrected chi connectivity index (χ2v) is 10.9.